The average molecular weight is 383 g/mol. The number of rotatable bonds is 5. The molecule has 2 aromatic rings. The fraction of sp³-hybridized carbons (Fsp3) is 0.350. The van der Waals surface area contributed by atoms with E-state index in [-0.39, 0.29) is 24.5 Å². The smallest absolute Gasteiger partial charge is 0.231 e. The van der Waals surface area contributed by atoms with Gasteiger partial charge >= 0.3 is 0 Å². The number of pyridine rings is 1. The molecule has 6 nitrogen and oxygen atoms in total. The summed E-state index contributed by atoms with van der Waals surface area (Å²) in [7, 11) is 0. The summed E-state index contributed by atoms with van der Waals surface area (Å²) >= 11 is 1.28. The SMILES string of the molecule is Cc1nc(SCC(=O)NC(C)c2ccc3c(c2)OCO3)c(C#N)c(C)c1C. The molecule has 0 radical (unpaired) electrons. The molecular formula is C20H21N3O3S. The highest BCUT2D eigenvalue weighted by molar-refractivity contribution is 8.00. The zero-order valence-electron chi connectivity index (χ0n) is 15.8. The van der Waals surface area contributed by atoms with Gasteiger partial charge in [0.25, 0.3) is 0 Å². The van der Waals surface area contributed by atoms with Crippen LogP contribution in [0.1, 0.15) is 40.9 Å². The highest BCUT2D eigenvalue weighted by atomic mass is 32.2. The van der Waals surface area contributed by atoms with Crippen molar-refractivity contribution in [3.8, 4) is 17.6 Å². The van der Waals surface area contributed by atoms with Crippen LogP contribution in [0.25, 0.3) is 0 Å². The van der Waals surface area contributed by atoms with Crippen molar-refractivity contribution in [2.24, 2.45) is 0 Å². The van der Waals surface area contributed by atoms with Crippen LogP contribution in [0.3, 0.4) is 0 Å². The second kappa shape index (κ2) is 7.89. The van der Waals surface area contributed by atoms with Crippen LogP contribution in [0.2, 0.25) is 0 Å². The van der Waals surface area contributed by atoms with Gasteiger partial charge in [-0.25, -0.2) is 4.98 Å². The van der Waals surface area contributed by atoms with Crippen molar-refractivity contribution >= 4 is 17.7 Å². The zero-order chi connectivity index (χ0) is 19.6. The van der Waals surface area contributed by atoms with Crippen LogP contribution in [0, 0.1) is 32.1 Å². The molecule has 0 fully saturated rings. The summed E-state index contributed by atoms with van der Waals surface area (Å²) in [5.74, 6) is 1.48. The van der Waals surface area contributed by atoms with Gasteiger partial charge in [0, 0.05) is 5.69 Å². The number of carbonyl (C=O) groups is 1. The zero-order valence-corrected chi connectivity index (χ0v) is 16.6. The summed E-state index contributed by atoms with van der Waals surface area (Å²) in [6, 6.07) is 7.67. The van der Waals surface area contributed by atoms with Crippen LogP contribution in [0.5, 0.6) is 11.5 Å². The number of ether oxygens (including phenoxy) is 2. The Morgan fingerprint density at radius 2 is 2.04 bits per heavy atom. The van der Waals surface area contributed by atoms with Crippen LogP contribution in [0.4, 0.5) is 0 Å². The van der Waals surface area contributed by atoms with Crippen molar-refractivity contribution < 1.29 is 14.3 Å². The lowest BCUT2D eigenvalue weighted by Gasteiger charge is -2.15. The quantitative estimate of drug-likeness (QED) is 0.795. The normalized spacial score (nSPS) is 13.1. The van der Waals surface area contributed by atoms with E-state index in [0.717, 1.165) is 22.4 Å². The highest BCUT2D eigenvalue weighted by Crippen LogP contribution is 2.34. The first-order valence-electron chi connectivity index (χ1n) is 8.60. The number of aryl methyl sites for hydroxylation is 1. The van der Waals surface area contributed by atoms with Gasteiger partial charge in [-0.05, 0) is 56.5 Å². The summed E-state index contributed by atoms with van der Waals surface area (Å²) in [4.78, 5) is 16.9. The van der Waals surface area contributed by atoms with E-state index in [1.165, 1.54) is 11.8 Å². The van der Waals surface area contributed by atoms with E-state index >= 15 is 0 Å². The van der Waals surface area contributed by atoms with E-state index in [2.05, 4.69) is 16.4 Å². The molecule has 1 aromatic carbocycles. The summed E-state index contributed by atoms with van der Waals surface area (Å²) in [5, 5.41) is 13.0. The fourth-order valence-electron chi connectivity index (χ4n) is 2.83. The molecule has 27 heavy (non-hydrogen) atoms. The molecule has 1 atom stereocenters. The Morgan fingerprint density at radius 3 is 2.78 bits per heavy atom. The lowest BCUT2D eigenvalue weighted by Crippen LogP contribution is -2.28. The minimum absolute atomic E-state index is 0.119. The molecule has 2 heterocycles. The first-order valence-corrected chi connectivity index (χ1v) is 9.59. The highest BCUT2D eigenvalue weighted by Gasteiger charge is 2.18. The standard InChI is InChI=1S/C20H21N3O3S/c1-11-12(2)16(8-21)20(23-13(11)3)27-9-19(24)22-14(4)15-5-6-17-18(7-15)26-10-25-17/h5-7,14H,9-10H2,1-4H3,(H,22,24). The number of hydrogen-bond donors (Lipinski definition) is 1. The number of amides is 1. The number of carbonyl (C=O) groups excluding carboxylic acids is 1. The molecule has 1 amide bonds. The molecule has 1 aromatic heterocycles. The maximum absolute atomic E-state index is 12.4. The van der Waals surface area contributed by atoms with Crippen molar-refractivity contribution in [2.45, 2.75) is 38.8 Å². The van der Waals surface area contributed by atoms with Gasteiger partial charge in [-0.3, -0.25) is 4.79 Å². The second-order valence-electron chi connectivity index (χ2n) is 6.43. The molecule has 0 aliphatic carbocycles. The molecular weight excluding hydrogens is 362 g/mol. The lowest BCUT2D eigenvalue weighted by molar-refractivity contribution is -0.119. The second-order valence-corrected chi connectivity index (χ2v) is 7.39. The molecule has 3 rings (SSSR count). The summed E-state index contributed by atoms with van der Waals surface area (Å²) in [6.45, 7) is 7.91. The van der Waals surface area contributed by atoms with E-state index in [9.17, 15) is 10.1 Å². The summed E-state index contributed by atoms with van der Waals surface area (Å²) in [5.41, 5.74) is 4.29. The minimum atomic E-state index is -0.169. The predicted octanol–water partition coefficient (Wildman–Crippen LogP) is 3.58. The van der Waals surface area contributed by atoms with Crippen LogP contribution < -0.4 is 14.8 Å². The summed E-state index contributed by atoms with van der Waals surface area (Å²) in [6.07, 6.45) is 0. The lowest BCUT2D eigenvalue weighted by atomic mass is 10.1. The molecule has 1 N–H and O–H groups in total. The maximum Gasteiger partial charge on any atom is 0.231 e. The molecule has 7 heteroatoms. The molecule has 0 bridgehead atoms. The van der Waals surface area contributed by atoms with E-state index in [4.69, 9.17) is 9.47 Å². The van der Waals surface area contributed by atoms with Gasteiger partial charge in [0.05, 0.1) is 17.4 Å². The van der Waals surface area contributed by atoms with Crippen molar-refractivity contribution in [2.75, 3.05) is 12.5 Å². The Labute approximate surface area is 162 Å². The average Bonchev–Trinajstić information content (AvgIpc) is 3.12. The number of nitriles is 1. The largest absolute Gasteiger partial charge is 0.454 e. The first-order chi connectivity index (χ1) is 12.9. The number of nitrogens with zero attached hydrogens (tertiary/aromatic N) is 2. The Hall–Kier alpha value is -2.72. The molecule has 1 unspecified atom stereocenters. The topological polar surface area (TPSA) is 84.2 Å². The van der Waals surface area contributed by atoms with Crippen molar-refractivity contribution in [1.29, 1.82) is 5.26 Å². The van der Waals surface area contributed by atoms with Gasteiger partial charge in [-0.2, -0.15) is 5.26 Å². The number of thioether (sulfide) groups is 1. The first kappa shape index (κ1) is 19.1. The monoisotopic (exact) mass is 383 g/mol. The van der Waals surface area contributed by atoms with E-state index in [0.29, 0.717) is 22.1 Å². The Balaban J connectivity index is 1.64. The molecule has 0 saturated carbocycles. The van der Waals surface area contributed by atoms with Gasteiger partial charge in [0.2, 0.25) is 12.7 Å². The van der Waals surface area contributed by atoms with E-state index in [1.54, 1.807) is 0 Å². The molecule has 0 spiro atoms. The number of benzene rings is 1. The number of fused-ring (bicyclic) bond motifs is 1. The van der Waals surface area contributed by atoms with Gasteiger partial charge < -0.3 is 14.8 Å². The number of aromatic nitrogens is 1. The van der Waals surface area contributed by atoms with Crippen molar-refractivity contribution in [1.82, 2.24) is 10.3 Å². The van der Waals surface area contributed by atoms with E-state index < -0.39 is 0 Å². The van der Waals surface area contributed by atoms with Crippen LogP contribution in [0.15, 0.2) is 23.2 Å². The van der Waals surface area contributed by atoms with Gasteiger partial charge in [0.15, 0.2) is 11.5 Å². The third-order valence-electron chi connectivity index (χ3n) is 4.69. The third-order valence-corrected chi connectivity index (χ3v) is 5.66. The van der Waals surface area contributed by atoms with Gasteiger partial charge in [-0.15, -0.1) is 0 Å². The molecule has 140 valence electrons. The fourth-order valence-corrected chi connectivity index (χ4v) is 3.73. The van der Waals surface area contributed by atoms with Gasteiger partial charge in [0.1, 0.15) is 11.1 Å². The van der Waals surface area contributed by atoms with Crippen LogP contribution >= 0.6 is 11.8 Å². The molecule has 1 aliphatic rings. The maximum atomic E-state index is 12.4. The minimum Gasteiger partial charge on any atom is -0.454 e. The Bertz CT molecular complexity index is 937. The van der Waals surface area contributed by atoms with E-state index in [1.807, 2.05) is 45.9 Å². The van der Waals surface area contributed by atoms with Crippen LogP contribution in [-0.4, -0.2) is 23.4 Å². The number of nitrogens with one attached hydrogen (secondary N) is 1. The van der Waals surface area contributed by atoms with Crippen LogP contribution in [-0.2, 0) is 4.79 Å². The van der Waals surface area contributed by atoms with Crippen molar-refractivity contribution in [3.05, 3.63) is 46.1 Å². The third kappa shape index (κ3) is 4.01. The Kier molecular flexibility index (Phi) is 5.57. The summed E-state index contributed by atoms with van der Waals surface area (Å²) < 4.78 is 10.7. The Morgan fingerprint density at radius 1 is 1.30 bits per heavy atom. The number of hydrogen-bond acceptors (Lipinski definition) is 6. The van der Waals surface area contributed by atoms with Gasteiger partial charge in [-0.1, -0.05) is 17.8 Å². The molecule has 1 aliphatic heterocycles. The predicted molar refractivity (Wildman–Crippen MR) is 103 cm³/mol. The van der Waals surface area contributed by atoms with Crippen molar-refractivity contribution in [3.63, 3.8) is 0 Å². The molecule has 0 saturated heterocycles.